The molecule has 0 radical (unpaired) electrons. The van der Waals surface area contributed by atoms with Crippen LogP contribution in [0.3, 0.4) is 0 Å². The van der Waals surface area contributed by atoms with Crippen molar-refractivity contribution in [2.75, 3.05) is 19.6 Å². The van der Waals surface area contributed by atoms with Crippen molar-refractivity contribution >= 4 is 0 Å². The number of nitrogens with zero attached hydrogens (tertiary/aromatic N) is 3. The van der Waals surface area contributed by atoms with Crippen LogP contribution in [0, 0.1) is 6.92 Å². The highest BCUT2D eigenvalue weighted by Gasteiger charge is 2.26. The van der Waals surface area contributed by atoms with Crippen LogP contribution in [0.4, 0.5) is 0 Å². The zero-order valence-electron chi connectivity index (χ0n) is 12.7. The highest BCUT2D eigenvalue weighted by molar-refractivity contribution is 5.23. The third-order valence-electron chi connectivity index (χ3n) is 4.19. The lowest BCUT2D eigenvalue weighted by Gasteiger charge is -2.36. The molecule has 0 amide bonds. The Morgan fingerprint density at radius 1 is 1.48 bits per heavy atom. The zero-order chi connectivity index (χ0) is 14.7. The van der Waals surface area contributed by atoms with Crippen LogP contribution < -0.4 is 5.32 Å². The normalized spacial score (nSPS) is 19.8. The molecule has 5 heteroatoms. The zero-order valence-corrected chi connectivity index (χ0v) is 12.7. The summed E-state index contributed by atoms with van der Waals surface area (Å²) in [6.45, 7) is 8.01. The van der Waals surface area contributed by atoms with Gasteiger partial charge in [-0.3, -0.25) is 9.88 Å². The van der Waals surface area contributed by atoms with E-state index in [1.54, 1.807) is 0 Å². The van der Waals surface area contributed by atoms with Crippen molar-refractivity contribution in [1.29, 1.82) is 0 Å². The molecule has 1 fully saturated rings. The monoisotopic (exact) mass is 286 g/mol. The Morgan fingerprint density at radius 3 is 3.14 bits per heavy atom. The van der Waals surface area contributed by atoms with Crippen LogP contribution in [0.5, 0.6) is 0 Å². The van der Waals surface area contributed by atoms with E-state index >= 15 is 0 Å². The number of aryl methyl sites for hydroxylation is 2. The van der Waals surface area contributed by atoms with Gasteiger partial charge in [0.15, 0.2) is 0 Å². The summed E-state index contributed by atoms with van der Waals surface area (Å²) >= 11 is 0. The summed E-state index contributed by atoms with van der Waals surface area (Å²) in [7, 11) is 0. The van der Waals surface area contributed by atoms with Gasteiger partial charge in [0.05, 0.1) is 5.69 Å². The summed E-state index contributed by atoms with van der Waals surface area (Å²) < 4.78 is 5.36. The Balaban J connectivity index is 1.83. The minimum Gasteiger partial charge on any atom is -0.361 e. The second-order valence-electron chi connectivity index (χ2n) is 5.49. The van der Waals surface area contributed by atoms with Crippen LogP contribution in [0.15, 0.2) is 29.0 Å². The van der Waals surface area contributed by atoms with E-state index in [2.05, 4.69) is 33.3 Å². The van der Waals surface area contributed by atoms with Gasteiger partial charge in [0.25, 0.3) is 0 Å². The molecule has 0 bridgehead atoms. The molecular weight excluding hydrogens is 264 g/mol. The molecule has 2 aromatic rings. The molecule has 1 aliphatic rings. The molecule has 0 spiro atoms. The standard InChI is InChI=1S/C16H22N4O/c1-3-15-14(12(2)21-19-15)11-20-8-7-18-10-16(20)13-5-4-6-17-9-13/h4-6,9,16,18H,3,7-8,10-11H2,1-2H3. The van der Waals surface area contributed by atoms with Crippen LogP contribution in [0.2, 0.25) is 0 Å². The van der Waals surface area contributed by atoms with Gasteiger partial charge < -0.3 is 9.84 Å². The molecule has 5 nitrogen and oxygen atoms in total. The van der Waals surface area contributed by atoms with Crippen molar-refractivity contribution in [1.82, 2.24) is 20.4 Å². The van der Waals surface area contributed by atoms with Gasteiger partial charge in [0, 0.05) is 50.2 Å². The van der Waals surface area contributed by atoms with Gasteiger partial charge in [-0.25, -0.2) is 0 Å². The van der Waals surface area contributed by atoms with Gasteiger partial charge in [-0.1, -0.05) is 18.1 Å². The quantitative estimate of drug-likeness (QED) is 0.932. The maximum atomic E-state index is 5.36. The molecule has 1 saturated heterocycles. The summed E-state index contributed by atoms with van der Waals surface area (Å²) in [4.78, 5) is 6.75. The van der Waals surface area contributed by atoms with Gasteiger partial charge >= 0.3 is 0 Å². The first-order chi connectivity index (χ1) is 10.3. The number of hydrogen-bond donors (Lipinski definition) is 1. The van der Waals surface area contributed by atoms with Crippen LogP contribution in [-0.2, 0) is 13.0 Å². The molecular formula is C16H22N4O. The molecule has 1 atom stereocenters. The Hall–Kier alpha value is -1.72. The lowest BCUT2D eigenvalue weighted by Crippen LogP contribution is -2.45. The fourth-order valence-corrected chi connectivity index (χ4v) is 2.96. The molecule has 1 aliphatic heterocycles. The lowest BCUT2D eigenvalue weighted by atomic mass is 10.0. The maximum Gasteiger partial charge on any atom is 0.138 e. The molecule has 3 rings (SSSR count). The molecule has 0 aliphatic carbocycles. The Kier molecular flexibility index (Phi) is 4.31. The minimum absolute atomic E-state index is 0.353. The van der Waals surface area contributed by atoms with E-state index in [4.69, 9.17) is 4.52 Å². The van der Waals surface area contributed by atoms with Crippen molar-refractivity contribution < 1.29 is 4.52 Å². The van der Waals surface area contributed by atoms with Crippen molar-refractivity contribution in [3.05, 3.63) is 47.1 Å². The molecule has 1 N–H and O–H groups in total. The molecule has 2 aromatic heterocycles. The van der Waals surface area contributed by atoms with Crippen molar-refractivity contribution in [3.8, 4) is 0 Å². The molecule has 3 heterocycles. The van der Waals surface area contributed by atoms with Gasteiger partial charge in [-0.05, 0) is 25.0 Å². The molecule has 0 saturated carbocycles. The summed E-state index contributed by atoms with van der Waals surface area (Å²) in [5.41, 5.74) is 3.58. The fraction of sp³-hybridized carbons (Fsp3) is 0.500. The van der Waals surface area contributed by atoms with Gasteiger partial charge in [0.1, 0.15) is 5.76 Å². The molecule has 21 heavy (non-hydrogen) atoms. The average molecular weight is 286 g/mol. The van der Waals surface area contributed by atoms with E-state index in [-0.39, 0.29) is 0 Å². The predicted molar refractivity (Wildman–Crippen MR) is 80.9 cm³/mol. The smallest absolute Gasteiger partial charge is 0.138 e. The topological polar surface area (TPSA) is 54.2 Å². The first-order valence-electron chi connectivity index (χ1n) is 7.58. The van der Waals surface area contributed by atoms with Gasteiger partial charge in [-0.2, -0.15) is 0 Å². The third kappa shape index (κ3) is 2.99. The number of nitrogens with one attached hydrogen (secondary N) is 1. The van der Waals surface area contributed by atoms with Crippen molar-refractivity contribution in [2.45, 2.75) is 32.9 Å². The number of piperazine rings is 1. The second kappa shape index (κ2) is 6.37. The van der Waals surface area contributed by atoms with Crippen LogP contribution in [0.1, 0.15) is 35.5 Å². The van der Waals surface area contributed by atoms with E-state index in [1.807, 2.05) is 25.4 Å². The lowest BCUT2D eigenvalue weighted by molar-refractivity contribution is 0.152. The average Bonchev–Trinajstić information content (AvgIpc) is 2.89. The number of hydrogen-bond acceptors (Lipinski definition) is 5. The van der Waals surface area contributed by atoms with Crippen molar-refractivity contribution in [3.63, 3.8) is 0 Å². The number of aromatic nitrogens is 2. The Bertz CT molecular complexity index is 581. The van der Waals surface area contributed by atoms with E-state index < -0.39 is 0 Å². The Labute approximate surface area is 125 Å². The van der Waals surface area contributed by atoms with Crippen LogP contribution in [-0.4, -0.2) is 34.7 Å². The van der Waals surface area contributed by atoms with Crippen molar-refractivity contribution in [2.24, 2.45) is 0 Å². The van der Waals surface area contributed by atoms with E-state index in [0.29, 0.717) is 6.04 Å². The van der Waals surface area contributed by atoms with E-state index in [1.165, 1.54) is 11.1 Å². The third-order valence-corrected chi connectivity index (χ3v) is 4.19. The molecule has 112 valence electrons. The van der Waals surface area contributed by atoms with Crippen LogP contribution in [0.25, 0.3) is 0 Å². The minimum atomic E-state index is 0.353. The summed E-state index contributed by atoms with van der Waals surface area (Å²) in [5, 5.41) is 7.65. The Morgan fingerprint density at radius 2 is 2.38 bits per heavy atom. The largest absolute Gasteiger partial charge is 0.361 e. The highest BCUT2D eigenvalue weighted by atomic mass is 16.5. The van der Waals surface area contributed by atoms with Gasteiger partial charge in [0.2, 0.25) is 0 Å². The molecule has 1 unspecified atom stereocenters. The SMILES string of the molecule is CCc1noc(C)c1CN1CCNCC1c1cccnc1. The van der Waals surface area contributed by atoms with Crippen LogP contribution >= 0.6 is 0 Å². The molecule has 0 aromatic carbocycles. The predicted octanol–water partition coefficient (Wildman–Crippen LogP) is 2.09. The first-order valence-corrected chi connectivity index (χ1v) is 7.58. The second-order valence-corrected chi connectivity index (χ2v) is 5.49. The van der Waals surface area contributed by atoms with E-state index in [0.717, 1.165) is 44.1 Å². The first kappa shape index (κ1) is 14.2. The number of pyridine rings is 1. The van der Waals surface area contributed by atoms with E-state index in [9.17, 15) is 0 Å². The highest BCUT2D eigenvalue weighted by Crippen LogP contribution is 2.25. The number of rotatable bonds is 4. The van der Waals surface area contributed by atoms with Gasteiger partial charge in [-0.15, -0.1) is 0 Å². The summed E-state index contributed by atoms with van der Waals surface area (Å²) in [6.07, 6.45) is 4.70. The summed E-state index contributed by atoms with van der Waals surface area (Å²) in [6, 6.07) is 4.51. The maximum absolute atomic E-state index is 5.36. The fourth-order valence-electron chi connectivity index (χ4n) is 2.96. The summed E-state index contributed by atoms with van der Waals surface area (Å²) in [5.74, 6) is 0.940.